The van der Waals surface area contributed by atoms with Gasteiger partial charge in [0.1, 0.15) is 0 Å². The molecule has 32 heavy (non-hydrogen) atoms. The molecule has 0 unspecified atom stereocenters. The molecular formula is C27H34N4S. The van der Waals surface area contributed by atoms with Gasteiger partial charge in [0.25, 0.3) is 0 Å². The molecule has 2 fully saturated rings. The first-order valence-electron chi connectivity index (χ1n) is 12.3. The fraction of sp³-hybridized carbons (Fsp3) is 0.519. The van der Waals surface area contributed by atoms with Crippen LogP contribution in [-0.4, -0.2) is 55.1 Å². The van der Waals surface area contributed by atoms with Crippen LogP contribution in [-0.2, 0) is 0 Å². The van der Waals surface area contributed by atoms with Crippen LogP contribution < -0.4 is 4.90 Å². The maximum absolute atomic E-state index is 7.35. The first-order valence-corrected chi connectivity index (χ1v) is 13.2. The molecule has 3 aliphatic heterocycles. The summed E-state index contributed by atoms with van der Waals surface area (Å²) in [4.78, 5) is 14.1. The number of hydrogen-bond donors (Lipinski definition) is 0. The van der Waals surface area contributed by atoms with Gasteiger partial charge in [-0.25, -0.2) is 4.85 Å². The Kier molecular flexibility index (Phi) is 7.02. The molecule has 0 spiro atoms. The van der Waals surface area contributed by atoms with Gasteiger partial charge in [-0.1, -0.05) is 36.4 Å². The van der Waals surface area contributed by atoms with Gasteiger partial charge in [0.15, 0.2) is 5.69 Å². The van der Waals surface area contributed by atoms with Gasteiger partial charge in [-0.2, -0.15) is 0 Å². The van der Waals surface area contributed by atoms with Gasteiger partial charge in [0, 0.05) is 22.4 Å². The van der Waals surface area contributed by atoms with E-state index in [2.05, 4.69) is 49.9 Å². The van der Waals surface area contributed by atoms with Crippen molar-refractivity contribution in [3.63, 3.8) is 0 Å². The third kappa shape index (κ3) is 4.83. The summed E-state index contributed by atoms with van der Waals surface area (Å²) in [7, 11) is 0. The largest absolute Gasteiger partial charge is 0.340 e. The first-order chi connectivity index (χ1) is 15.8. The summed E-state index contributed by atoms with van der Waals surface area (Å²) in [6, 6.07) is 15.7. The van der Waals surface area contributed by atoms with Crippen molar-refractivity contribution in [2.75, 3.05) is 44.2 Å². The smallest absolute Gasteiger partial charge is 0.188 e. The molecule has 3 heterocycles. The number of benzene rings is 2. The second-order valence-electron chi connectivity index (χ2n) is 9.36. The third-order valence-electron chi connectivity index (χ3n) is 7.31. The van der Waals surface area contributed by atoms with Crippen molar-refractivity contribution in [3.05, 3.63) is 53.9 Å². The lowest BCUT2D eigenvalue weighted by Gasteiger charge is -2.40. The molecule has 0 aromatic heterocycles. The number of fused-ring (bicyclic) bond motifs is 2. The summed E-state index contributed by atoms with van der Waals surface area (Å²) >= 11 is 1.79. The number of rotatable bonds is 6. The van der Waals surface area contributed by atoms with Crippen molar-refractivity contribution in [2.24, 2.45) is 0 Å². The zero-order valence-corrected chi connectivity index (χ0v) is 19.8. The lowest BCUT2D eigenvalue weighted by atomic mass is 10.00. The lowest BCUT2D eigenvalue weighted by molar-refractivity contribution is 0.0920. The minimum Gasteiger partial charge on any atom is -0.340 e. The molecule has 0 N–H and O–H groups in total. The fourth-order valence-electron chi connectivity index (χ4n) is 5.53. The molecule has 0 amide bonds. The standard InChI is InChI=1S/C27H34N4S/c1-28-22-11-12-25-27(21-22)32-26-10-4-3-9-24(26)31(25)18-8-7-15-29-19-13-23(14-20-29)30-16-5-2-6-17-30/h3-4,9-12,21,23H,2,5-8,13-20H2. The maximum Gasteiger partial charge on any atom is 0.188 e. The summed E-state index contributed by atoms with van der Waals surface area (Å²) < 4.78 is 0. The van der Waals surface area contributed by atoms with Gasteiger partial charge in [0.2, 0.25) is 0 Å². The van der Waals surface area contributed by atoms with Crippen molar-refractivity contribution in [1.82, 2.24) is 9.80 Å². The SMILES string of the molecule is [C-]#[N+]c1ccc2c(c1)Sc1ccccc1N2CCCCN1CCC(N2CCCCC2)CC1. The summed E-state index contributed by atoms with van der Waals surface area (Å²) in [5.74, 6) is 0. The highest BCUT2D eigenvalue weighted by Crippen LogP contribution is 2.49. The topological polar surface area (TPSA) is 14.1 Å². The highest BCUT2D eigenvalue weighted by Gasteiger charge is 2.26. The van der Waals surface area contributed by atoms with E-state index in [1.807, 2.05) is 12.1 Å². The summed E-state index contributed by atoms with van der Waals surface area (Å²) in [5.41, 5.74) is 3.29. The van der Waals surface area contributed by atoms with Crippen molar-refractivity contribution in [2.45, 2.75) is 60.8 Å². The third-order valence-corrected chi connectivity index (χ3v) is 8.42. The highest BCUT2D eigenvalue weighted by atomic mass is 32.2. The number of piperidine rings is 2. The van der Waals surface area contributed by atoms with Crippen molar-refractivity contribution < 1.29 is 0 Å². The van der Waals surface area contributed by atoms with Crippen LogP contribution >= 0.6 is 11.8 Å². The molecule has 168 valence electrons. The minimum atomic E-state index is 0.725. The van der Waals surface area contributed by atoms with E-state index in [1.165, 1.54) is 98.8 Å². The van der Waals surface area contributed by atoms with Crippen LogP contribution in [0.1, 0.15) is 44.9 Å². The number of likely N-dealkylation sites (tertiary alicyclic amines) is 2. The average Bonchev–Trinajstić information content (AvgIpc) is 2.86. The molecule has 3 aliphatic rings. The molecular weight excluding hydrogens is 412 g/mol. The Bertz CT molecular complexity index is 954. The van der Waals surface area contributed by atoms with E-state index in [4.69, 9.17) is 6.57 Å². The number of nitrogens with zero attached hydrogens (tertiary/aromatic N) is 4. The molecule has 0 aliphatic carbocycles. The van der Waals surface area contributed by atoms with E-state index >= 15 is 0 Å². The van der Waals surface area contributed by atoms with Gasteiger partial charge in [-0.3, -0.25) is 0 Å². The van der Waals surface area contributed by atoms with Crippen LogP contribution in [0.2, 0.25) is 0 Å². The number of para-hydroxylation sites is 1. The quantitative estimate of drug-likeness (QED) is 0.368. The van der Waals surface area contributed by atoms with Crippen molar-refractivity contribution in [3.8, 4) is 0 Å². The van der Waals surface area contributed by atoms with Gasteiger partial charge in [-0.05, 0) is 95.5 Å². The Labute approximate surface area is 197 Å². The molecule has 2 aromatic rings. The van der Waals surface area contributed by atoms with E-state index in [9.17, 15) is 0 Å². The van der Waals surface area contributed by atoms with E-state index < -0.39 is 0 Å². The van der Waals surface area contributed by atoms with Crippen LogP contribution in [0.5, 0.6) is 0 Å². The van der Waals surface area contributed by atoms with Crippen LogP contribution in [0, 0.1) is 6.57 Å². The zero-order chi connectivity index (χ0) is 21.8. The number of hydrogen-bond acceptors (Lipinski definition) is 4. The van der Waals surface area contributed by atoms with Crippen LogP contribution in [0.4, 0.5) is 17.1 Å². The Morgan fingerprint density at radius 1 is 0.844 bits per heavy atom. The fourth-order valence-corrected chi connectivity index (χ4v) is 6.66. The van der Waals surface area contributed by atoms with Gasteiger partial charge in [-0.15, -0.1) is 0 Å². The second kappa shape index (κ2) is 10.3. The van der Waals surface area contributed by atoms with E-state index in [0.717, 1.165) is 18.3 Å². The molecule has 0 bridgehead atoms. The first kappa shape index (κ1) is 21.8. The Balaban J connectivity index is 1.14. The molecule has 2 aromatic carbocycles. The average molecular weight is 447 g/mol. The Morgan fingerprint density at radius 3 is 2.41 bits per heavy atom. The molecule has 5 heteroatoms. The minimum absolute atomic E-state index is 0.725. The lowest BCUT2D eigenvalue weighted by Crippen LogP contribution is -2.46. The van der Waals surface area contributed by atoms with Crippen LogP contribution in [0.25, 0.3) is 4.85 Å². The van der Waals surface area contributed by atoms with Gasteiger partial charge in [0.05, 0.1) is 17.9 Å². The normalized spacial score (nSPS) is 19.9. The van der Waals surface area contributed by atoms with Crippen LogP contribution in [0.15, 0.2) is 52.3 Å². The van der Waals surface area contributed by atoms with E-state index in [1.54, 1.807) is 11.8 Å². The maximum atomic E-state index is 7.35. The molecule has 5 rings (SSSR count). The molecule has 0 atom stereocenters. The number of unbranched alkanes of at least 4 members (excludes halogenated alkanes) is 1. The van der Waals surface area contributed by atoms with Crippen LogP contribution in [0.3, 0.4) is 0 Å². The van der Waals surface area contributed by atoms with Gasteiger partial charge < -0.3 is 14.7 Å². The predicted octanol–water partition coefficient (Wildman–Crippen LogP) is 6.57. The Hall–Kier alpha value is -2.00. The second-order valence-corrected chi connectivity index (χ2v) is 10.4. The van der Waals surface area contributed by atoms with Gasteiger partial charge >= 0.3 is 0 Å². The summed E-state index contributed by atoms with van der Waals surface area (Å²) in [6.07, 6.45) is 9.38. The number of anilines is 2. The molecule has 2 saturated heterocycles. The van der Waals surface area contributed by atoms with Crippen molar-refractivity contribution >= 4 is 28.8 Å². The predicted molar refractivity (Wildman–Crippen MR) is 134 cm³/mol. The van der Waals surface area contributed by atoms with E-state index in [-0.39, 0.29) is 0 Å². The summed E-state index contributed by atoms with van der Waals surface area (Å²) in [5, 5.41) is 0. The molecule has 4 nitrogen and oxygen atoms in total. The summed E-state index contributed by atoms with van der Waals surface area (Å²) in [6.45, 7) is 14.8. The molecule has 0 saturated carbocycles. The molecule has 0 radical (unpaired) electrons. The monoisotopic (exact) mass is 446 g/mol. The Morgan fingerprint density at radius 2 is 1.59 bits per heavy atom. The zero-order valence-electron chi connectivity index (χ0n) is 19.0. The van der Waals surface area contributed by atoms with E-state index in [0.29, 0.717) is 0 Å². The highest BCUT2D eigenvalue weighted by molar-refractivity contribution is 7.99. The van der Waals surface area contributed by atoms with Crippen molar-refractivity contribution in [1.29, 1.82) is 0 Å².